The predicted octanol–water partition coefficient (Wildman–Crippen LogP) is 5.31. The van der Waals surface area contributed by atoms with Crippen molar-refractivity contribution in [3.63, 3.8) is 0 Å². The molecule has 2 aromatic carbocycles. The highest BCUT2D eigenvalue weighted by molar-refractivity contribution is 9.09. The van der Waals surface area contributed by atoms with Crippen LogP contribution in [0, 0.1) is 0 Å². The average molecular weight is 344 g/mol. The van der Waals surface area contributed by atoms with Crippen LogP contribution in [0.4, 0.5) is 0 Å². The molecule has 0 aliphatic rings. The van der Waals surface area contributed by atoms with Gasteiger partial charge in [0, 0.05) is 5.56 Å². The molecule has 1 atom stereocenters. The Hall–Kier alpha value is -0.830. The maximum atomic E-state index is 12.2. The highest BCUT2D eigenvalue weighted by Crippen LogP contribution is 2.31. The first kappa shape index (κ1) is 13.6. The van der Waals surface area contributed by atoms with E-state index in [1.54, 1.807) is 30.3 Å². The Bertz CT molecular complexity index is 569. The molecule has 0 saturated heterocycles. The monoisotopic (exact) mass is 342 g/mol. The minimum Gasteiger partial charge on any atom is -0.293 e. The maximum Gasteiger partial charge on any atom is 0.180 e. The van der Waals surface area contributed by atoms with Gasteiger partial charge in [-0.15, -0.1) is 0 Å². The van der Waals surface area contributed by atoms with Gasteiger partial charge >= 0.3 is 0 Å². The molecule has 2 rings (SSSR count). The second-order valence-electron chi connectivity index (χ2n) is 3.77. The Kier molecular flexibility index (Phi) is 4.44. The fraction of sp³-hybridized carbons (Fsp3) is 0.0714. The normalized spacial score (nSPS) is 12.2. The third kappa shape index (κ3) is 2.94. The summed E-state index contributed by atoms with van der Waals surface area (Å²) in [5.41, 5.74) is 1.45. The van der Waals surface area contributed by atoms with E-state index in [2.05, 4.69) is 15.9 Å². The van der Waals surface area contributed by atoms with Crippen LogP contribution in [-0.2, 0) is 0 Å². The van der Waals surface area contributed by atoms with Gasteiger partial charge in [0.05, 0.1) is 10.0 Å². The van der Waals surface area contributed by atoms with Crippen molar-refractivity contribution in [1.82, 2.24) is 0 Å². The van der Waals surface area contributed by atoms with Crippen molar-refractivity contribution < 1.29 is 4.79 Å². The first-order chi connectivity index (χ1) is 8.59. The van der Waals surface area contributed by atoms with Crippen molar-refractivity contribution in [3.8, 4) is 0 Å². The molecule has 92 valence electrons. The standard InChI is InChI=1S/C14H9BrCl2O/c15-13(10-6-7-11(16)12(17)8-10)14(18)9-4-2-1-3-5-9/h1-8,13H. The zero-order valence-electron chi connectivity index (χ0n) is 9.24. The average Bonchev–Trinajstić information content (AvgIpc) is 2.41. The van der Waals surface area contributed by atoms with Crippen LogP contribution in [0.3, 0.4) is 0 Å². The van der Waals surface area contributed by atoms with E-state index in [1.807, 2.05) is 18.2 Å². The van der Waals surface area contributed by atoms with Gasteiger partial charge in [0.1, 0.15) is 4.83 Å². The minimum atomic E-state index is -0.422. The van der Waals surface area contributed by atoms with Gasteiger partial charge in [-0.3, -0.25) is 4.79 Å². The number of benzene rings is 2. The topological polar surface area (TPSA) is 17.1 Å². The van der Waals surface area contributed by atoms with Gasteiger partial charge < -0.3 is 0 Å². The molecule has 0 aliphatic heterocycles. The van der Waals surface area contributed by atoms with E-state index in [1.165, 1.54) is 0 Å². The third-order valence-electron chi connectivity index (χ3n) is 2.52. The predicted molar refractivity (Wildman–Crippen MR) is 78.9 cm³/mol. The van der Waals surface area contributed by atoms with E-state index >= 15 is 0 Å². The quantitative estimate of drug-likeness (QED) is 0.545. The summed E-state index contributed by atoms with van der Waals surface area (Å²) >= 11 is 15.2. The molecule has 0 aliphatic carbocycles. The van der Waals surface area contributed by atoms with Crippen LogP contribution in [0.15, 0.2) is 48.5 Å². The number of hydrogen-bond donors (Lipinski definition) is 0. The molecule has 2 aromatic rings. The molecule has 18 heavy (non-hydrogen) atoms. The van der Waals surface area contributed by atoms with Crippen LogP contribution in [0.2, 0.25) is 10.0 Å². The molecule has 0 spiro atoms. The highest BCUT2D eigenvalue weighted by Gasteiger charge is 2.19. The summed E-state index contributed by atoms with van der Waals surface area (Å²) in [5, 5.41) is 0.923. The van der Waals surface area contributed by atoms with Gasteiger partial charge in [-0.1, -0.05) is 75.5 Å². The second-order valence-corrected chi connectivity index (χ2v) is 5.50. The largest absolute Gasteiger partial charge is 0.293 e. The number of alkyl halides is 1. The Labute approximate surface area is 124 Å². The van der Waals surface area contributed by atoms with Crippen molar-refractivity contribution in [2.75, 3.05) is 0 Å². The maximum absolute atomic E-state index is 12.2. The summed E-state index contributed by atoms with van der Waals surface area (Å²) in [6, 6.07) is 14.3. The van der Waals surface area contributed by atoms with E-state index in [4.69, 9.17) is 23.2 Å². The van der Waals surface area contributed by atoms with Gasteiger partial charge in [0.15, 0.2) is 5.78 Å². The van der Waals surface area contributed by atoms with Crippen LogP contribution >= 0.6 is 39.1 Å². The van der Waals surface area contributed by atoms with Crippen molar-refractivity contribution in [2.24, 2.45) is 0 Å². The van der Waals surface area contributed by atoms with E-state index in [0.717, 1.165) is 5.56 Å². The number of Topliss-reactive ketones (excluding diaryl/α,β-unsaturated/α-hetero) is 1. The number of carbonyl (C=O) groups is 1. The Morgan fingerprint density at radius 1 is 1.00 bits per heavy atom. The number of hydrogen-bond acceptors (Lipinski definition) is 1. The van der Waals surface area contributed by atoms with Crippen molar-refractivity contribution >= 4 is 44.9 Å². The minimum absolute atomic E-state index is 0.00557. The zero-order valence-corrected chi connectivity index (χ0v) is 12.3. The number of ketones is 1. The highest BCUT2D eigenvalue weighted by atomic mass is 79.9. The van der Waals surface area contributed by atoms with Gasteiger partial charge in [0.2, 0.25) is 0 Å². The number of halogens is 3. The van der Waals surface area contributed by atoms with Crippen LogP contribution in [-0.4, -0.2) is 5.78 Å². The van der Waals surface area contributed by atoms with Gasteiger partial charge in [-0.25, -0.2) is 0 Å². The lowest BCUT2D eigenvalue weighted by molar-refractivity contribution is 0.0991. The number of rotatable bonds is 3. The van der Waals surface area contributed by atoms with E-state index in [9.17, 15) is 4.79 Å². The van der Waals surface area contributed by atoms with Crippen LogP contribution < -0.4 is 0 Å². The molecule has 1 nitrogen and oxygen atoms in total. The van der Waals surface area contributed by atoms with Crippen LogP contribution in [0.25, 0.3) is 0 Å². The first-order valence-corrected chi connectivity index (χ1v) is 6.95. The molecule has 0 heterocycles. The van der Waals surface area contributed by atoms with Gasteiger partial charge in [0.25, 0.3) is 0 Å². The molecule has 0 fully saturated rings. The van der Waals surface area contributed by atoms with Gasteiger partial charge in [-0.05, 0) is 17.7 Å². The zero-order chi connectivity index (χ0) is 13.1. The summed E-state index contributed by atoms with van der Waals surface area (Å²) in [6.45, 7) is 0. The van der Waals surface area contributed by atoms with E-state index in [0.29, 0.717) is 15.6 Å². The summed E-state index contributed by atoms with van der Waals surface area (Å²) < 4.78 is 0. The lowest BCUT2D eigenvalue weighted by Crippen LogP contribution is -2.06. The first-order valence-electron chi connectivity index (χ1n) is 5.28. The van der Waals surface area contributed by atoms with E-state index < -0.39 is 4.83 Å². The van der Waals surface area contributed by atoms with Crippen molar-refractivity contribution in [3.05, 3.63) is 69.7 Å². The molecule has 0 saturated carbocycles. The van der Waals surface area contributed by atoms with E-state index in [-0.39, 0.29) is 5.78 Å². The van der Waals surface area contributed by atoms with Crippen LogP contribution in [0.5, 0.6) is 0 Å². The lowest BCUT2D eigenvalue weighted by Gasteiger charge is -2.10. The lowest BCUT2D eigenvalue weighted by atomic mass is 10.0. The molecule has 0 amide bonds. The fourth-order valence-electron chi connectivity index (χ4n) is 1.57. The Balaban J connectivity index is 2.28. The summed E-state index contributed by atoms with van der Waals surface area (Å²) in [4.78, 5) is 11.8. The fourth-order valence-corrected chi connectivity index (χ4v) is 2.43. The van der Waals surface area contributed by atoms with Crippen LogP contribution in [0.1, 0.15) is 20.7 Å². The molecule has 0 aromatic heterocycles. The van der Waals surface area contributed by atoms with Crippen molar-refractivity contribution in [2.45, 2.75) is 4.83 Å². The Morgan fingerprint density at radius 2 is 1.67 bits per heavy atom. The SMILES string of the molecule is O=C(c1ccccc1)C(Br)c1ccc(Cl)c(Cl)c1. The summed E-state index contributed by atoms with van der Waals surface area (Å²) in [7, 11) is 0. The second kappa shape index (κ2) is 5.87. The summed E-state index contributed by atoms with van der Waals surface area (Å²) in [5.74, 6) is -0.00557. The van der Waals surface area contributed by atoms with Gasteiger partial charge in [-0.2, -0.15) is 0 Å². The molecule has 0 N–H and O–H groups in total. The Morgan fingerprint density at radius 3 is 2.28 bits per heavy atom. The smallest absolute Gasteiger partial charge is 0.180 e. The molecule has 0 radical (unpaired) electrons. The number of carbonyl (C=O) groups excluding carboxylic acids is 1. The molecule has 1 unspecified atom stereocenters. The molecular weight excluding hydrogens is 335 g/mol. The third-order valence-corrected chi connectivity index (χ3v) is 4.21. The molecule has 4 heteroatoms. The molecular formula is C14H9BrCl2O. The van der Waals surface area contributed by atoms with Crippen molar-refractivity contribution in [1.29, 1.82) is 0 Å². The molecule has 0 bridgehead atoms. The summed E-state index contributed by atoms with van der Waals surface area (Å²) in [6.07, 6.45) is 0.